The lowest BCUT2D eigenvalue weighted by atomic mass is 10.2. The molecule has 0 N–H and O–H groups in total. The molecule has 1 unspecified atom stereocenters. The number of carbonyl (C=O) groups excluding carboxylic acids is 2. The molecule has 0 aliphatic heterocycles. The quantitative estimate of drug-likeness (QED) is 0.616. The molecule has 0 bridgehead atoms. The summed E-state index contributed by atoms with van der Waals surface area (Å²) in [5.41, 5.74) is 0. The van der Waals surface area contributed by atoms with Gasteiger partial charge in [-0.25, -0.2) is 8.42 Å². The van der Waals surface area contributed by atoms with Gasteiger partial charge in [0, 0.05) is 13.1 Å². The van der Waals surface area contributed by atoms with Crippen LogP contribution in [-0.4, -0.2) is 56.9 Å². The molecule has 0 saturated heterocycles. The van der Waals surface area contributed by atoms with E-state index in [9.17, 15) is 18.0 Å². The summed E-state index contributed by atoms with van der Waals surface area (Å²) < 4.78 is 28.0. The molecule has 0 fully saturated rings. The van der Waals surface area contributed by atoms with Crippen LogP contribution in [-0.2, 0) is 24.2 Å². The number of nitrogens with zero attached hydrogens (tertiary/aromatic N) is 1. The molecule has 7 heteroatoms. The highest BCUT2D eigenvalue weighted by atomic mass is 32.2. The fourth-order valence-electron chi connectivity index (χ4n) is 1.56. The van der Waals surface area contributed by atoms with E-state index in [0.717, 1.165) is 0 Å². The van der Waals surface area contributed by atoms with E-state index in [2.05, 4.69) is 4.74 Å². The van der Waals surface area contributed by atoms with Crippen LogP contribution in [0.4, 0.5) is 0 Å². The predicted octanol–water partition coefficient (Wildman–Crippen LogP) is 0.0787. The maximum absolute atomic E-state index is 11.8. The summed E-state index contributed by atoms with van der Waals surface area (Å²) in [6.45, 7) is 5.97. The third kappa shape index (κ3) is 5.48. The van der Waals surface area contributed by atoms with Crippen LogP contribution in [0.3, 0.4) is 0 Å². The van der Waals surface area contributed by atoms with Crippen molar-refractivity contribution in [1.82, 2.24) is 4.90 Å². The van der Waals surface area contributed by atoms with Crippen LogP contribution in [0.2, 0.25) is 0 Å². The van der Waals surface area contributed by atoms with Gasteiger partial charge >= 0.3 is 5.97 Å². The van der Waals surface area contributed by atoms with Crippen molar-refractivity contribution in [2.75, 3.05) is 31.7 Å². The zero-order chi connectivity index (χ0) is 14.3. The summed E-state index contributed by atoms with van der Waals surface area (Å²) >= 11 is 0. The molecule has 6 nitrogen and oxygen atoms in total. The molecule has 0 heterocycles. The number of hydrogen-bond donors (Lipinski definition) is 0. The molecule has 106 valence electrons. The monoisotopic (exact) mass is 279 g/mol. The Bertz CT molecular complexity index is 386. The van der Waals surface area contributed by atoms with Gasteiger partial charge in [0.15, 0.2) is 9.84 Å². The Kier molecular flexibility index (Phi) is 6.90. The molecule has 0 saturated carbocycles. The topological polar surface area (TPSA) is 80.8 Å². The first-order valence-corrected chi connectivity index (χ1v) is 7.65. The summed E-state index contributed by atoms with van der Waals surface area (Å²) in [6, 6.07) is 0. The largest absolute Gasteiger partial charge is 0.469 e. The highest BCUT2D eigenvalue weighted by molar-refractivity contribution is 7.92. The molecule has 0 radical (unpaired) electrons. The fourth-order valence-corrected chi connectivity index (χ4v) is 3.14. The van der Waals surface area contributed by atoms with Gasteiger partial charge in [-0.3, -0.25) is 9.59 Å². The van der Waals surface area contributed by atoms with E-state index in [4.69, 9.17) is 0 Å². The third-order valence-electron chi connectivity index (χ3n) is 2.57. The van der Waals surface area contributed by atoms with Crippen molar-refractivity contribution in [2.24, 2.45) is 5.92 Å². The molecular formula is C11H21NO5S. The number of amides is 1. The summed E-state index contributed by atoms with van der Waals surface area (Å²) in [4.78, 5) is 24.3. The Morgan fingerprint density at radius 3 is 2.11 bits per heavy atom. The van der Waals surface area contributed by atoms with Crippen molar-refractivity contribution < 1.29 is 22.7 Å². The summed E-state index contributed by atoms with van der Waals surface area (Å²) in [7, 11) is -2.39. The second kappa shape index (κ2) is 7.35. The van der Waals surface area contributed by atoms with Gasteiger partial charge in [-0.2, -0.15) is 0 Å². The van der Waals surface area contributed by atoms with Gasteiger partial charge in [0.25, 0.3) is 0 Å². The van der Waals surface area contributed by atoms with Gasteiger partial charge in [-0.1, -0.05) is 6.92 Å². The van der Waals surface area contributed by atoms with Crippen LogP contribution in [0.25, 0.3) is 0 Å². The molecule has 0 aromatic carbocycles. The minimum atomic E-state index is -3.59. The molecule has 0 aromatic heterocycles. The van der Waals surface area contributed by atoms with E-state index >= 15 is 0 Å². The van der Waals surface area contributed by atoms with E-state index in [-0.39, 0.29) is 5.75 Å². The molecular weight excluding hydrogens is 258 g/mol. The van der Waals surface area contributed by atoms with Gasteiger partial charge < -0.3 is 9.64 Å². The average molecular weight is 279 g/mol. The van der Waals surface area contributed by atoms with Gasteiger partial charge in [0.2, 0.25) is 5.91 Å². The number of esters is 1. The molecule has 0 spiro atoms. The van der Waals surface area contributed by atoms with Crippen LogP contribution in [0.5, 0.6) is 0 Å². The Morgan fingerprint density at radius 1 is 1.22 bits per heavy atom. The third-order valence-corrected chi connectivity index (χ3v) is 4.26. The molecule has 0 rings (SSSR count). The molecule has 0 aliphatic rings. The number of methoxy groups -OCH3 is 1. The lowest BCUT2D eigenvalue weighted by Gasteiger charge is -2.18. The van der Waals surface area contributed by atoms with Crippen molar-refractivity contribution in [3.05, 3.63) is 0 Å². The number of rotatable bonds is 7. The standard InChI is InChI=1S/C11H21NO5S/c1-5-12(6-2)10(13)8-18(15,16)7-9(3)11(14)17-4/h9H,5-8H2,1-4H3. The van der Waals surface area contributed by atoms with Crippen molar-refractivity contribution in [1.29, 1.82) is 0 Å². The van der Waals surface area contributed by atoms with Crippen molar-refractivity contribution in [3.8, 4) is 0 Å². The van der Waals surface area contributed by atoms with Gasteiger partial charge in [-0.05, 0) is 13.8 Å². The predicted molar refractivity (Wildman–Crippen MR) is 67.8 cm³/mol. The zero-order valence-corrected chi connectivity index (χ0v) is 12.1. The van der Waals surface area contributed by atoms with Crippen LogP contribution in [0.1, 0.15) is 20.8 Å². The summed E-state index contributed by atoms with van der Waals surface area (Å²) in [6.07, 6.45) is 0. The SMILES string of the molecule is CCN(CC)C(=O)CS(=O)(=O)CC(C)C(=O)OC. The van der Waals surface area contributed by atoms with Crippen LogP contribution < -0.4 is 0 Å². The second-order valence-electron chi connectivity index (χ2n) is 4.04. The minimum Gasteiger partial charge on any atom is -0.469 e. The minimum absolute atomic E-state index is 0.368. The lowest BCUT2D eigenvalue weighted by molar-refractivity contribution is -0.144. The van der Waals surface area contributed by atoms with Crippen LogP contribution in [0.15, 0.2) is 0 Å². The van der Waals surface area contributed by atoms with E-state index in [1.54, 1.807) is 13.8 Å². The van der Waals surface area contributed by atoms with E-state index in [1.165, 1.54) is 18.9 Å². The summed E-state index contributed by atoms with van der Waals surface area (Å²) in [5, 5.41) is 0. The van der Waals surface area contributed by atoms with E-state index in [0.29, 0.717) is 13.1 Å². The first-order valence-electron chi connectivity index (χ1n) is 5.83. The van der Waals surface area contributed by atoms with E-state index in [1.807, 2.05) is 0 Å². The molecule has 0 aromatic rings. The van der Waals surface area contributed by atoms with Crippen LogP contribution in [0, 0.1) is 5.92 Å². The van der Waals surface area contributed by atoms with Crippen molar-refractivity contribution in [3.63, 3.8) is 0 Å². The Balaban J connectivity index is 4.58. The summed E-state index contributed by atoms with van der Waals surface area (Å²) in [5.74, 6) is -2.71. The maximum atomic E-state index is 11.8. The lowest BCUT2D eigenvalue weighted by Crippen LogP contribution is -2.37. The van der Waals surface area contributed by atoms with Crippen molar-refractivity contribution in [2.45, 2.75) is 20.8 Å². The number of ether oxygens (including phenoxy) is 1. The Morgan fingerprint density at radius 2 is 1.72 bits per heavy atom. The fraction of sp³-hybridized carbons (Fsp3) is 0.818. The number of hydrogen-bond acceptors (Lipinski definition) is 5. The molecule has 1 atom stereocenters. The average Bonchev–Trinajstić information content (AvgIpc) is 2.27. The normalized spacial score (nSPS) is 12.9. The van der Waals surface area contributed by atoms with Gasteiger partial charge in [-0.15, -0.1) is 0 Å². The smallest absolute Gasteiger partial charge is 0.309 e. The first-order chi connectivity index (χ1) is 8.27. The first kappa shape index (κ1) is 16.9. The van der Waals surface area contributed by atoms with Gasteiger partial charge in [0.05, 0.1) is 18.8 Å². The molecule has 18 heavy (non-hydrogen) atoms. The number of sulfone groups is 1. The second-order valence-corrected chi connectivity index (χ2v) is 6.15. The highest BCUT2D eigenvalue weighted by Crippen LogP contribution is 2.05. The highest BCUT2D eigenvalue weighted by Gasteiger charge is 2.26. The van der Waals surface area contributed by atoms with Gasteiger partial charge in [0.1, 0.15) is 5.75 Å². The molecule has 0 aliphatic carbocycles. The van der Waals surface area contributed by atoms with Crippen molar-refractivity contribution >= 4 is 21.7 Å². The van der Waals surface area contributed by atoms with Crippen LogP contribution >= 0.6 is 0 Å². The Labute approximate surface area is 108 Å². The Hall–Kier alpha value is -1.11. The zero-order valence-electron chi connectivity index (χ0n) is 11.3. The number of carbonyl (C=O) groups is 2. The molecule has 1 amide bonds. The van der Waals surface area contributed by atoms with E-state index < -0.39 is 33.4 Å². The maximum Gasteiger partial charge on any atom is 0.309 e.